The van der Waals surface area contributed by atoms with E-state index < -0.39 is 12.1 Å². The molecule has 158 valence electrons. The van der Waals surface area contributed by atoms with Gasteiger partial charge in [0.05, 0.1) is 19.3 Å². The highest BCUT2D eigenvalue weighted by molar-refractivity contribution is 5.76. The fourth-order valence-corrected chi connectivity index (χ4v) is 2.69. The molecule has 27 heavy (non-hydrogen) atoms. The van der Waals surface area contributed by atoms with Crippen molar-refractivity contribution >= 4 is 11.9 Å². The monoisotopic (exact) mass is 385 g/mol. The van der Waals surface area contributed by atoms with Crippen molar-refractivity contribution in [3.05, 3.63) is 12.2 Å². The number of unbranched alkanes of at least 4 members (excludes halogenated alkanes) is 1. The van der Waals surface area contributed by atoms with Crippen LogP contribution in [-0.2, 0) is 19.1 Å². The van der Waals surface area contributed by atoms with Gasteiger partial charge in [-0.3, -0.25) is 9.59 Å². The molecule has 0 aliphatic carbocycles. The minimum atomic E-state index is -0.423. The van der Waals surface area contributed by atoms with Crippen LogP contribution in [0.1, 0.15) is 73.1 Å². The van der Waals surface area contributed by atoms with E-state index in [1.165, 1.54) is 0 Å². The molecule has 2 unspecified atom stereocenters. The summed E-state index contributed by atoms with van der Waals surface area (Å²) < 4.78 is 10.0. The van der Waals surface area contributed by atoms with E-state index in [1.807, 2.05) is 12.2 Å². The van der Waals surface area contributed by atoms with Crippen LogP contribution in [0.15, 0.2) is 12.2 Å². The van der Waals surface area contributed by atoms with Gasteiger partial charge in [0, 0.05) is 6.42 Å². The van der Waals surface area contributed by atoms with Crippen LogP contribution in [0.2, 0.25) is 0 Å². The third kappa shape index (κ3) is 15.4. The highest BCUT2D eigenvalue weighted by Crippen LogP contribution is 2.21. The summed E-state index contributed by atoms with van der Waals surface area (Å²) >= 11 is 0. The van der Waals surface area contributed by atoms with Gasteiger partial charge >= 0.3 is 11.9 Å². The van der Waals surface area contributed by atoms with Gasteiger partial charge in [-0.2, -0.15) is 0 Å². The Morgan fingerprint density at radius 2 is 1.78 bits per heavy atom. The second-order valence-electron chi connectivity index (χ2n) is 7.87. The molecule has 0 aromatic carbocycles. The topological polar surface area (TPSA) is 84.9 Å². The Bertz CT molecular complexity index is 442. The molecule has 0 heterocycles. The van der Waals surface area contributed by atoms with Crippen LogP contribution >= 0.6 is 0 Å². The second kappa shape index (κ2) is 14.6. The average molecular weight is 386 g/mol. The number of rotatable bonds is 14. The molecule has 0 aliphatic rings. The summed E-state index contributed by atoms with van der Waals surface area (Å²) in [7, 11) is 0. The Hall–Kier alpha value is -1.40. The minimum Gasteiger partial charge on any atom is -0.466 e. The molecule has 6 nitrogen and oxygen atoms in total. The molecule has 0 radical (unpaired) electrons. The maximum Gasteiger partial charge on any atom is 0.323 e. The third-order valence-corrected chi connectivity index (χ3v) is 3.88. The number of carbonyl (C=O) groups is 2. The van der Waals surface area contributed by atoms with Gasteiger partial charge < -0.3 is 19.9 Å². The highest BCUT2D eigenvalue weighted by Gasteiger charge is 2.20. The molecule has 0 saturated heterocycles. The Labute approximate surface area is 164 Å². The van der Waals surface area contributed by atoms with Crippen molar-refractivity contribution in [2.45, 2.75) is 85.3 Å². The zero-order valence-corrected chi connectivity index (χ0v) is 17.8. The molecular formula is C21H39NO5. The molecular weight excluding hydrogens is 346 g/mol. The molecule has 0 rings (SSSR count). The largest absolute Gasteiger partial charge is 0.466 e. The van der Waals surface area contributed by atoms with Crippen LogP contribution in [0.5, 0.6) is 0 Å². The van der Waals surface area contributed by atoms with Crippen LogP contribution in [-0.4, -0.2) is 48.9 Å². The van der Waals surface area contributed by atoms with Crippen molar-refractivity contribution in [2.24, 2.45) is 5.41 Å². The van der Waals surface area contributed by atoms with Crippen LogP contribution < -0.4 is 5.32 Å². The summed E-state index contributed by atoms with van der Waals surface area (Å²) in [6.07, 6.45) is 7.25. The molecule has 2 N–H and O–H groups in total. The van der Waals surface area contributed by atoms with Crippen molar-refractivity contribution in [3.8, 4) is 0 Å². The molecule has 0 saturated carbocycles. The van der Waals surface area contributed by atoms with E-state index >= 15 is 0 Å². The number of aliphatic hydroxyl groups excluding tert-OH is 1. The first kappa shape index (κ1) is 25.6. The van der Waals surface area contributed by atoms with Gasteiger partial charge in [-0.25, -0.2) is 0 Å². The fourth-order valence-electron chi connectivity index (χ4n) is 2.69. The average Bonchev–Trinajstić information content (AvgIpc) is 2.55. The molecule has 6 heteroatoms. The molecule has 0 amide bonds. The van der Waals surface area contributed by atoms with Crippen molar-refractivity contribution in [3.63, 3.8) is 0 Å². The summed E-state index contributed by atoms with van der Waals surface area (Å²) in [6, 6.07) is -0.423. The first-order valence-corrected chi connectivity index (χ1v) is 10.1. The first-order valence-electron chi connectivity index (χ1n) is 10.1. The van der Waals surface area contributed by atoms with E-state index in [1.54, 1.807) is 13.8 Å². The van der Waals surface area contributed by atoms with E-state index in [2.05, 4.69) is 26.1 Å². The Morgan fingerprint density at radius 1 is 1.11 bits per heavy atom. The SMILES string of the molecule is CCOC(=O)CCC/C=C/CC(NCCC(O)CC(C)(C)C)C(=O)OCC. The van der Waals surface area contributed by atoms with Crippen molar-refractivity contribution < 1.29 is 24.2 Å². The maximum absolute atomic E-state index is 12.1. The zero-order valence-electron chi connectivity index (χ0n) is 17.8. The number of nitrogens with one attached hydrogen (secondary N) is 1. The number of ether oxygens (including phenoxy) is 2. The van der Waals surface area contributed by atoms with Gasteiger partial charge in [0.15, 0.2) is 0 Å². The van der Waals surface area contributed by atoms with Gasteiger partial charge in [0.2, 0.25) is 0 Å². The van der Waals surface area contributed by atoms with Gasteiger partial charge in [-0.05, 0) is 57.9 Å². The van der Waals surface area contributed by atoms with Crippen LogP contribution in [0.3, 0.4) is 0 Å². The lowest BCUT2D eigenvalue weighted by Crippen LogP contribution is -2.39. The van der Waals surface area contributed by atoms with E-state index in [4.69, 9.17) is 9.47 Å². The number of esters is 2. The van der Waals surface area contributed by atoms with Crippen LogP contribution in [0, 0.1) is 5.41 Å². The zero-order chi connectivity index (χ0) is 20.7. The molecule has 2 atom stereocenters. The molecule has 0 bridgehead atoms. The lowest BCUT2D eigenvalue weighted by molar-refractivity contribution is -0.145. The summed E-state index contributed by atoms with van der Waals surface area (Å²) in [5.74, 6) is -0.454. The van der Waals surface area contributed by atoms with E-state index in [0.717, 1.165) is 19.3 Å². The summed E-state index contributed by atoms with van der Waals surface area (Å²) in [4.78, 5) is 23.4. The van der Waals surface area contributed by atoms with Crippen molar-refractivity contribution in [1.82, 2.24) is 5.32 Å². The van der Waals surface area contributed by atoms with Gasteiger partial charge in [0.25, 0.3) is 0 Å². The number of aliphatic hydroxyl groups is 1. The first-order chi connectivity index (χ1) is 12.7. The lowest BCUT2D eigenvalue weighted by atomic mass is 9.88. The summed E-state index contributed by atoms with van der Waals surface area (Å²) in [5, 5.41) is 13.3. The quantitative estimate of drug-likeness (QED) is 0.271. The number of carbonyl (C=O) groups excluding carboxylic acids is 2. The lowest BCUT2D eigenvalue weighted by Gasteiger charge is -2.23. The van der Waals surface area contributed by atoms with E-state index in [9.17, 15) is 14.7 Å². The Kier molecular flexibility index (Phi) is 13.9. The van der Waals surface area contributed by atoms with Crippen LogP contribution in [0.4, 0.5) is 0 Å². The predicted octanol–water partition coefficient (Wildman–Crippen LogP) is 3.37. The predicted molar refractivity (Wildman–Crippen MR) is 107 cm³/mol. The smallest absolute Gasteiger partial charge is 0.323 e. The number of hydrogen-bond donors (Lipinski definition) is 2. The van der Waals surface area contributed by atoms with E-state index in [-0.39, 0.29) is 17.4 Å². The number of allylic oxidation sites excluding steroid dienone is 1. The number of hydrogen-bond acceptors (Lipinski definition) is 6. The molecule has 0 fully saturated rings. The normalized spacial score (nSPS) is 14.1. The van der Waals surface area contributed by atoms with Crippen molar-refractivity contribution in [2.75, 3.05) is 19.8 Å². The summed E-state index contributed by atoms with van der Waals surface area (Å²) in [6.45, 7) is 11.2. The fraction of sp³-hybridized carbons (Fsp3) is 0.810. The minimum absolute atomic E-state index is 0.0756. The van der Waals surface area contributed by atoms with Gasteiger partial charge in [0.1, 0.15) is 6.04 Å². The van der Waals surface area contributed by atoms with Crippen LogP contribution in [0.25, 0.3) is 0 Å². The maximum atomic E-state index is 12.1. The molecule has 0 aromatic heterocycles. The van der Waals surface area contributed by atoms with E-state index in [0.29, 0.717) is 39.0 Å². The highest BCUT2D eigenvalue weighted by atomic mass is 16.5. The van der Waals surface area contributed by atoms with Gasteiger partial charge in [-0.15, -0.1) is 0 Å². The Balaban J connectivity index is 4.26. The summed E-state index contributed by atoms with van der Waals surface area (Å²) in [5.41, 5.74) is 0.0756. The Morgan fingerprint density at radius 3 is 2.37 bits per heavy atom. The van der Waals surface area contributed by atoms with Gasteiger partial charge in [-0.1, -0.05) is 32.9 Å². The third-order valence-electron chi connectivity index (χ3n) is 3.88. The van der Waals surface area contributed by atoms with Crippen molar-refractivity contribution in [1.29, 1.82) is 0 Å². The molecule has 0 aromatic rings. The second-order valence-corrected chi connectivity index (χ2v) is 7.87. The molecule has 0 spiro atoms. The molecule has 0 aliphatic heterocycles. The standard InChI is InChI=1S/C21H39NO5/c1-6-26-19(24)13-11-9-8-10-12-18(20(25)27-7-2)22-15-14-17(23)16-21(3,4)5/h8,10,17-18,22-23H,6-7,9,11-16H2,1-5H3/b10-8+.